The van der Waals surface area contributed by atoms with E-state index in [2.05, 4.69) is 0 Å². The molecule has 0 aliphatic rings. The van der Waals surface area contributed by atoms with Gasteiger partial charge >= 0.3 is 11.9 Å². The SMILES string of the molecule is CC(C)CC(C)OC(=O)C(=O)OC(C)CC(C)C. The van der Waals surface area contributed by atoms with Crippen molar-refractivity contribution in [2.45, 2.75) is 66.6 Å². The van der Waals surface area contributed by atoms with Crippen LogP contribution in [-0.2, 0) is 19.1 Å². The Morgan fingerprint density at radius 2 is 1.00 bits per heavy atom. The molecule has 0 spiro atoms. The minimum atomic E-state index is -0.890. The van der Waals surface area contributed by atoms with Gasteiger partial charge < -0.3 is 9.47 Å². The second-order valence-corrected chi connectivity index (χ2v) is 5.69. The van der Waals surface area contributed by atoms with Gasteiger partial charge in [-0.05, 0) is 38.5 Å². The Morgan fingerprint density at radius 1 is 0.722 bits per heavy atom. The highest BCUT2D eigenvalue weighted by Gasteiger charge is 2.23. The molecule has 0 aliphatic heterocycles. The number of rotatable bonds is 6. The first kappa shape index (κ1) is 16.9. The molecule has 2 unspecified atom stereocenters. The first-order valence-corrected chi connectivity index (χ1v) is 6.63. The Labute approximate surface area is 110 Å². The molecular weight excluding hydrogens is 232 g/mol. The van der Waals surface area contributed by atoms with Crippen molar-refractivity contribution in [2.75, 3.05) is 0 Å². The highest BCUT2D eigenvalue weighted by atomic mass is 16.6. The van der Waals surface area contributed by atoms with E-state index in [1.807, 2.05) is 27.7 Å². The van der Waals surface area contributed by atoms with Crippen LogP contribution in [0.4, 0.5) is 0 Å². The predicted octanol–water partition coefficient (Wildman–Crippen LogP) is 2.94. The van der Waals surface area contributed by atoms with E-state index in [1.165, 1.54) is 0 Å². The maximum Gasteiger partial charge on any atom is 0.417 e. The van der Waals surface area contributed by atoms with Crippen molar-refractivity contribution >= 4 is 11.9 Å². The van der Waals surface area contributed by atoms with Crippen molar-refractivity contribution in [3.05, 3.63) is 0 Å². The molecule has 0 fully saturated rings. The van der Waals surface area contributed by atoms with Gasteiger partial charge in [-0.1, -0.05) is 27.7 Å². The largest absolute Gasteiger partial charge is 0.454 e. The number of carbonyl (C=O) groups is 2. The molecule has 18 heavy (non-hydrogen) atoms. The van der Waals surface area contributed by atoms with Gasteiger partial charge in [0, 0.05) is 0 Å². The van der Waals surface area contributed by atoms with Crippen LogP contribution in [-0.4, -0.2) is 24.1 Å². The molecule has 0 bridgehead atoms. The minimum Gasteiger partial charge on any atom is -0.454 e. The quantitative estimate of drug-likeness (QED) is 0.543. The molecule has 0 amide bonds. The number of esters is 2. The van der Waals surface area contributed by atoms with E-state index in [0.29, 0.717) is 11.8 Å². The van der Waals surface area contributed by atoms with Gasteiger partial charge in [0.2, 0.25) is 0 Å². The van der Waals surface area contributed by atoms with Gasteiger partial charge in [-0.15, -0.1) is 0 Å². The molecule has 0 aromatic rings. The molecule has 0 saturated heterocycles. The summed E-state index contributed by atoms with van der Waals surface area (Å²) in [5.74, 6) is -0.940. The number of hydrogen-bond donors (Lipinski definition) is 0. The fraction of sp³-hybridized carbons (Fsp3) is 0.857. The molecule has 0 aromatic carbocycles. The van der Waals surface area contributed by atoms with E-state index < -0.39 is 11.9 Å². The molecule has 0 aromatic heterocycles. The monoisotopic (exact) mass is 258 g/mol. The van der Waals surface area contributed by atoms with Crippen LogP contribution in [0.1, 0.15) is 54.4 Å². The highest BCUT2D eigenvalue weighted by Crippen LogP contribution is 2.10. The molecule has 0 N–H and O–H groups in total. The summed E-state index contributed by atoms with van der Waals surface area (Å²) in [6.07, 6.45) is 0.956. The van der Waals surface area contributed by atoms with E-state index in [9.17, 15) is 9.59 Å². The van der Waals surface area contributed by atoms with Gasteiger partial charge in [0.05, 0.1) is 12.2 Å². The van der Waals surface area contributed by atoms with Gasteiger partial charge in [-0.3, -0.25) is 0 Å². The van der Waals surface area contributed by atoms with Crippen LogP contribution in [0.15, 0.2) is 0 Å². The van der Waals surface area contributed by atoms with Gasteiger partial charge in [0.25, 0.3) is 0 Å². The fourth-order valence-electron chi connectivity index (χ4n) is 1.89. The maximum absolute atomic E-state index is 11.5. The molecule has 0 rings (SSSR count). The molecular formula is C14H26O4. The first-order valence-electron chi connectivity index (χ1n) is 6.63. The van der Waals surface area contributed by atoms with E-state index in [-0.39, 0.29) is 12.2 Å². The predicted molar refractivity (Wildman–Crippen MR) is 70.0 cm³/mol. The summed E-state index contributed by atoms with van der Waals surface area (Å²) in [6, 6.07) is 0. The van der Waals surface area contributed by atoms with E-state index >= 15 is 0 Å². The summed E-state index contributed by atoms with van der Waals surface area (Å²) in [6.45, 7) is 11.7. The topological polar surface area (TPSA) is 52.6 Å². The second kappa shape index (κ2) is 8.11. The van der Waals surface area contributed by atoms with Gasteiger partial charge in [0.15, 0.2) is 0 Å². The standard InChI is InChI=1S/C14H26O4/c1-9(2)7-11(5)17-13(15)14(16)18-12(6)8-10(3)4/h9-12H,7-8H2,1-6H3. The zero-order valence-electron chi connectivity index (χ0n) is 12.4. The number of carbonyl (C=O) groups excluding carboxylic acids is 2. The van der Waals surface area contributed by atoms with Crippen molar-refractivity contribution in [3.63, 3.8) is 0 Å². The van der Waals surface area contributed by atoms with Crippen LogP contribution in [0, 0.1) is 11.8 Å². The molecule has 0 aliphatic carbocycles. The smallest absolute Gasteiger partial charge is 0.417 e. The summed E-state index contributed by atoms with van der Waals surface area (Å²) in [5, 5.41) is 0. The summed E-state index contributed by atoms with van der Waals surface area (Å²) in [5.41, 5.74) is 0. The van der Waals surface area contributed by atoms with Crippen molar-refractivity contribution in [1.29, 1.82) is 0 Å². The van der Waals surface area contributed by atoms with Crippen LogP contribution >= 0.6 is 0 Å². The Morgan fingerprint density at radius 3 is 1.22 bits per heavy atom. The molecule has 0 saturated carbocycles. The zero-order chi connectivity index (χ0) is 14.3. The lowest BCUT2D eigenvalue weighted by atomic mass is 10.1. The third-order valence-corrected chi connectivity index (χ3v) is 2.39. The maximum atomic E-state index is 11.5. The summed E-state index contributed by atoms with van der Waals surface area (Å²) in [7, 11) is 0. The lowest BCUT2D eigenvalue weighted by molar-refractivity contribution is -0.173. The van der Waals surface area contributed by atoms with Crippen LogP contribution in [0.5, 0.6) is 0 Å². The summed E-state index contributed by atoms with van der Waals surface area (Å²) < 4.78 is 10.0. The van der Waals surface area contributed by atoms with Crippen molar-refractivity contribution < 1.29 is 19.1 Å². The lowest BCUT2D eigenvalue weighted by Gasteiger charge is -2.17. The third-order valence-electron chi connectivity index (χ3n) is 2.39. The Balaban J connectivity index is 4.07. The van der Waals surface area contributed by atoms with E-state index in [0.717, 1.165) is 12.8 Å². The van der Waals surface area contributed by atoms with E-state index in [4.69, 9.17) is 9.47 Å². The average Bonchev–Trinajstić information content (AvgIpc) is 2.13. The molecule has 0 heterocycles. The molecule has 2 atom stereocenters. The highest BCUT2D eigenvalue weighted by molar-refractivity contribution is 6.29. The van der Waals surface area contributed by atoms with Crippen molar-refractivity contribution in [1.82, 2.24) is 0 Å². The van der Waals surface area contributed by atoms with Crippen molar-refractivity contribution in [2.24, 2.45) is 11.8 Å². The van der Waals surface area contributed by atoms with Crippen LogP contribution in [0.25, 0.3) is 0 Å². The average molecular weight is 258 g/mol. The molecule has 4 heteroatoms. The number of ether oxygens (including phenoxy) is 2. The van der Waals surface area contributed by atoms with Gasteiger partial charge in [-0.25, -0.2) is 9.59 Å². The molecule has 0 radical (unpaired) electrons. The Kier molecular flexibility index (Phi) is 7.64. The number of hydrogen-bond acceptors (Lipinski definition) is 4. The molecule has 106 valence electrons. The van der Waals surface area contributed by atoms with E-state index in [1.54, 1.807) is 13.8 Å². The van der Waals surface area contributed by atoms with Crippen LogP contribution in [0.3, 0.4) is 0 Å². The Hall–Kier alpha value is -1.06. The zero-order valence-corrected chi connectivity index (χ0v) is 12.4. The minimum absolute atomic E-state index is 0.259. The normalized spacial score (nSPS) is 14.4. The van der Waals surface area contributed by atoms with Gasteiger partial charge in [-0.2, -0.15) is 0 Å². The second-order valence-electron chi connectivity index (χ2n) is 5.69. The van der Waals surface area contributed by atoms with Gasteiger partial charge in [0.1, 0.15) is 0 Å². The third kappa shape index (κ3) is 8.09. The Bertz CT molecular complexity index is 243. The van der Waals surface area contributed by atoms with Crippen molar-refractivity contribution in [3.8, 4) is 0 Å². The molecule has 4 nitrogen and oxygen atoms in total. The van der Waals surface area contributed by atoms with Crippen LogP contribution < -0.4 is 0 Å². The fourth-order valence-corrected chi connectivity index (χ4v) is 1.89. The summed E-state index contributed by atoms with van der Waals surface area (Å²) in [4.78, 5) is 22.9. The van der Waals surface area contributed by atoms with Crippen LogP contribution in [0.2, 0.25) is 0 Å². The lowest BCUT2D eigenvalue weighted by Crippen LogP contribution is -2.28. The first-order chi connectivity index (χ1) is 8.22. The summed E-state index contributed by atoms with van der Waals surface area (Å²) >= 11 is 0.